The van der Waals surface area contributed by atoms with E-state index in [1.165, 1.54) is 22.7 Å². The normalized spacial score (nSPS) is 11.7. The van der Waals surface area contributed by atoms with Crippen LogP contribution in [-0.2, 0) is 16.1 Å². The van der Waals surface area contributed by atoms with Crippen molar-refractivity contribution in [1.29, 1.82) is 0 Å². The highest BCUT2D eigenvalue weighted by Crippen LogP contribution is 2.21. The molecule has 2 aromatic rings. The van der Waals surface area contributed by atoms with Crippen molar-refractivity contribution in [3.8, 4) is 0 Å². The highest BCUT2D eigenvalue weighted by molar-refractivity contribution is 8.00. The molecule has 156 valence electrons. The number of nitrogens with one attached hydrogen (secondary N) is 1. The Morgan fingerprint density at radius 2 is 1.83 bits per heavy atom. The minimum atomic E-state index is -0.683. The predicted molar refractivity (Wildman–Crippen MR) is 116 cm³/mol. The molecule has 0 aliphatic rings. The monoisotopic (exact) mass is 416 g/mol. The van der Waals surface area contributed by atoms with Crippen molar-refractivity contribution >= 4 is 23.6 Å². The molecule has 0 aromatic heterocycles. The van der Waals surface area contributed by atoms with Crippen molar-refractivity contribution in [3.05, 3.63) is 65.5 Å². The highest BCUT2D eigenvalue weighted by atomic mass is 32.2. The van der Waals surface area contributed by atoms with Crippen LogP contribution in [0, 0.1) is 12.7 Å². The number of aryl methyl sites for hydroxylation is 1. The molecule has 1 N–H and O–H groups in total. The van der Waals surface area contributed by atoms with Gasteiger partial charge in [-0.2, -0.15) is 0 Å². The van der Waals surface area contributed by atoms with Crippen LogP contribution < -0.4 is 5.32 Å². The van der Waals surface area contributed by atoms with Gasteiger partial charge in [-0.15, -0.1) is 11.8 Å². The first-order chi connectivity index (χ1) is 13.9. The average Bonchev–Trinajstić information content (AvgIpc) is 2.72. The predicted octanol–water partition coefficient (Wildman–Crippen LogP) is 4.56. The van der Waals surface area contributed by atoms with Gasteiger partial charge in [0.2, 0.25) is 11.8 Å². The fraction of sp³-hybridized carbons (Fsp3) is 0.391. The Balaban J connectivity index is 2.11. The van der Waals surface area contributed by atoms with E-state index in [1.54, 1.807) is 25.1 Å². The van der Waals surface area contributed by atoms with Gasteiger partial charge in [0, 0.05) is 23.5 Å². The molecule has 0 bridgehead atoms. The van der Waals surface area contributed by atoms with Gasteiger partial charge in [-0.3, -0.25) is 9.59 Å². The molecule has 0 saturated carbocycles. The fourth-order valence-corrected chi connectivity index (χ4v) is 3.58. The van der Waals surface area contributed by atoms with Gasteiger partial charge in [0.1, 0.15) is 11.9 Å². The quantitative estimate of drug-likeness (QED) is 0.456. The Morgan fingerprint density at radius 3 is 2.48 bits per heavy atom. The number of hydrogen-bond donors (Lipinski definition) is 1. The summed E-state index contributed by atoms with van der Waals surface area (Å²) >= 11 is 1.41. The maximum Gasteiger partial charge on any atom is 0.242 e. The molecule has 0 aliphatic heterocycles. The van der Waals surface area contributed by atoms with E-state index in [4.69, 9.17) is 0 Å². The maximum atomic E-state index is 14.2. The number of benzene rings is 2. The van der Waals surface area contributed by atoms with E-state index in [2.05, 4.69) is 5.32 Å². The Kier molecular flexibility index (Phi) is 9.19. The third-order valence-electron chi connectivity index (χ3n) is 4.68. The van der Waals surface area contributed by atoms with Gasteiger partial charge >= 0.3 is 0 Å². The Bertz CT molecular complexity index is 811. The van der Waals surface area contributed by atoms with E-state index in [-0.39, 0.29) is 29.9 Å². The summed E-state index contributed by atoms with van der Waals surface area (Å²) in [5, 5.41) is 2.87. The van der Waals surface area contributed by atoms with Gasteiger partial charge < -0.3 is 10.2 Å². The van der Waals surface area contributed by atoms with Crippen molar-refractivity contribution in [1.82, 2.24) is 10.2 Å². The molecule has 0 spiro atoms. The third-order valence-corrected chi connectivity index (χ3v) is 5.68. The van der Waals surface area contributed by atoms with Crippen molar-refractivity contribution < 1.29 is 14.0 Å². The van der Waals surface area contributed by atoms with Gasteiger partial charge in [0.05, 0.1) is 5.75 Å². The van der Waals surface area contributed by atoms with Crippen molar-refractivity contribution in [2.24, 2.45) is 0 Å². The number of carbonyl (C=O) groups excluding carboxylic acids is 2. The number of halogens is 1. The zero-order valence-corrected chi connectivity index (χ0v) is 18.1. The summed E-state index contributed by atoms with van der Waals surface area (Å²) in [6, 6.07) is 13.6. The maximum absolute atomic E-state index is 14.2. The number of thioether (sulfide) groups is 1. The van der Waals surface area contributed by atoms with Gasteiger partial charge in [0.25, 0.3) is 0 Å². The van der Waals surface area contributed by atoms with Crippen LogP contribution in [0.5, 0.6) is 0 Å². The SMILES string of the molecule is CCCCNC(=O)C(C)N(Cc1ccccc1F)C(=O)CSc1ccc(C)cc1. The Hall–Kier alpha value is -2.34. The zero-order chi connectivity index (χ0) is 21.2. The van der Waals surface area contributed by atoms with Crippen molar-refractivity contribution in [2.45, 2.75) is 51.1 Å². The molecule has 1 unspecified atom stereocenters. The van der Waals surface area contributed by atoms with E-state index in [1.807, 2.05) is 38.1 Å². The number of carbonyl (C=O) groups is 2. The minimum absolute atomic E-state index is 0.0579. The van der Waals surface area contributed by atoms with E-state index in [0.717, 1.165) is 23.3 Å². The van der Waals surface area contributed by atoms with Gasteiger partial charge in [-0.1, -0.05) is 49.2 Å². The molecule has 2 amide bonds. The molecular formula is C23H29FN2O2S. The number of rotatable bonds is 10. The molecule has 4 nitrogen and oxygen atoms in total. The van der Waals surface area contributed by atoms with E-state index < -0.39 is 6.04 Å². The molecule has 29 heavy (non-hydrogen) atoms. The molecule has 0 heterocycles. The summed E-state index contributed by atoms with van der Waals surface area (Å²) in [5.74, 6) is -0.611. The van der Waals surface area contributed by atoms with Crippen LogP contribution >= 0.6 is 11.8 Å². The molecule has 0 radical (unpaired) electrons. The van der Waals surface area contributed by atoms with Crippen LogP contribution in [-0.4, -0.2) is 35.1 Å². The summed E-state index contributed by atoms with van der Waals surface area (Å²) < 4.78 is 14.2. The van der Waals surface area contributed by atoms with E-state index in [9.17, 15) is 14.0 Å². The zero-order valence-electron chi connectivity index (χ0n) is 17.3. The van der Waals surface area contributed by atoms with Crippen molar-refractivity contribution in [3.63, 3.8) is 0 Å². The number of unbranched alkanes of at least 4 members (excludes halogenated alkanes) is 1. The largest absolute Gasteiger partial charge is 0.354 e. The fourth-order valence-electron chi connectivity index (χ4n) is 2.79. The molecule has 2 rings (SSSR count). The smallest absolute Gasteiger partial charge is 0.242 e. The summed E-state index contributed by atoms with van der Waals surface area (Å²) in [6.45, 7) is 6.37. The topological polar surface area (TPSA) is 49.4 Å². The van der Waals surface area contributed by atoms with E-state index >= 15 is 0 Å². The molecule has 0 saturated heterocycles. The molecule has 1 atom stereocenters. The average molecular weight is 417 g/mol. The van der Waals surface area contributed by atoms with Crippen molar-refractivity contribution in [2.75, 3.05) is 12.3 Å². The lowest BCUT2D eigenvalue weighted by Crippen LogP contribution is -2.48. The Labute approximate surface area is 176 Å². The number of nitrogens with zero attached hydrogens (tertiary/aromatic N) is 1. The third kappa shape index (κ3) is 7.20. The summed E-state index contributed by atoms with van der Waals surface area (Å²) in [6.07, 6.45) is 1.85. The second kappa shape index (κ2) is 11.6. The minimum Gasteiger partial charge on any atom is -0.354 e. The second-order valence-electron chi connectivity index (χ2n) is 7.04. The lowest BCUT2D eigenvalue weighted by Gasteiger charge is -2.29. The first-order valence-electron chi connectivity index (χ1n) is 9.92. The Morgan fingerprint density at radius 1 is 1.14 bits per heavy atom. The lowest BCUT2D eigenvalue weighted by atomic mass is 10.1. The molecule has 6 heteroatoms. The van der Waals surface area contributed by atoms with E-state index in [0.29, 0.717) is 12.1 Å². The van der Waals surface area contributed by atoms with Crippen LogP contribution in [0.4, 0.5) is 4.39 Å². The first kappa shape index (κ1) is 22.9. The lowest BCUT2D eigenvalue weighted by molar-refractivity contribution is -0.138. The molecule has 0 aliphatic carbocycles. The summed E-state index contributed by atoms with van der Waals surface area (Å²) in [5.41, 5.74) is 1.55. The summed E-state index contributed by atoms with van der Waals surface area (Å²) in [4.78, 5) is 28.0. The van der Waals surface area contributed by atoms with Gasteiger partial charge in [0.15, 0.2) is 0 Å². The molecule has 0 fully saturated rings. The molecular weight excluding hydrogens is 387 g/mol. The van der Waals surface area contributed by atoms with Crippen LogP contribution in [0.3, 0.4) is 0 Å². The first-order valence-corrected chi connectivity index (χ1v) is 10.9. The molecule has 2 aromatic carbocycles. The van der Waals surface area contributed by atoms with Crippen LogP contribution in [0.2, 0.25) is 0 Å². The number of hydrogen-bond acceptors (Lipinski definition) is 3. The van der Waals surface area contributed by atoms with Gasteiger partial charge in [-0.05, 0) is 38.5 Å². The van der Waals surface area contributed by atoms with Crippen LogP contribution in [0.1, 0.15) is 37.8 Å². The van der Waals surface area contributed by atoms with Crippen LogP contribution in [0.25, 0.3) is 0 Å². The van der Waals surface area contributed by atoms with Crippen LogP contribution in [0.15, 0.2) is 53.4 Å². The number of amides is 2. The standard InChI is InChI=1S/C23H29FN2O2S/c1-4-5-14-25-23(28)18(3)26(15-19-8-6-7-9-21(19)24)22(27)16-29-20-12-10-17(2)11-13-20/h6-13,18H,4-5,14-16H2,1-3H3,(H,25,28). The summed E-state index contributed by atoms with van der Waals surface area (Å²) in [7, 11) is 0. The van der Waals surface area contributed by atoms with Gasteiger partial charge in [-0.25, -0.2) is 4.39 Å². The highest BCUT2D eigenvalue weighted by Gasteiger charge is 2.26. The second-order valence-corrected chi connectivity index (χ2v) is 8.08.